The highest BCUT2D eigenvalue weighted by Gasteiger charge is 2.22. The number of aromatic nitrogens is 2. The quantitative estimate of drug-likeness (QED) is 0.564. The van der Waals surface area contributed by atoms with Crippen molar-refractivity contribution in [2.75, 3.05) is 30.0 Å². The molecule has 1 unspecified atom stereocenters. The molecular formula is C10H16BrN5O. The minimum absolute atomic E-state index is 0.223. The molecule has 7 heteroatoms. The van der Waals surface area contributed by atoms with Gasteiger partial charge in [0, 0.05) is 25.9 Å². The van der Waals surface area contributed by atoms with E-state index < -0.39 is 0 Å². The molecule has 4 N–H and O–H groups in total. The largest absolute Gasteiger partial charge is 0.396 e. The molecule has 1 aromatic heterocycles. The lowest BCUT2D eigenvalue weighted by Crippen LogP contribution is -2.37. The Kier molecular flexibility index (Phi) is 4.14. The van der Waals surface area contributed by atoms with Crippen molar-refractivity contribution in [3.8, 4) is 0 Å². The molecule has 0 aliphatic carbocycles. The van der Waals surface area contributed by atoms with Gasteiger partial charge in [0.05, 0.1) is 4.47 Å². The molecule has 6 nitrogen and oxygen atoms in total. The van der Waals surface area contributed by atoms with E-state index in [1.165, 1.54) is 0 Å². The second kappa shape index (κ2) is 5.61. The summed E-state index contributed by atoms with van der Waals surface area (Å²) in [7, 11) is 0. The summed E-state index contributed by atoms with van der Waals surface area (Å²) in [6.07, 6.45) is 3.81. The maximum atomic E-state index is 9.22. The molecule has 1 fully saturated rings. The second-order valence-electron chi connectivity index (χ2n) is 4.15. The minimum atomic E-state index is 0.223. The Labute approximate surface area is 108 Å². The van der Waals surface area contributed by atoms with E-state index in [-0.39, 0.29) is 6.61 Å². The predicted molar refractivity (Wildman–Crippen MR) is 69.6 cm³/mol. The molecule has 0 amide bonds. The van der Waals surface area contributed by atoms with E-state index in [0.29, 0.717) is 11.9 Å². The maximum absolute atomic E-state index is 9.22. The first-order valence-electron chi connectivity index (χ1n) is 5.59. The first-order chi connectivity index (χ1) is 8.24. The number of rotatable bonds is 3. The number of aliphatic hydroxyl groups excluding tert-OH is 1. The van der Waals surface area contributed by atoms with Gasteiger partial charge in [-0.1, -0.05) is 0 Å². The van der Waals surface area contributed by atoms with E-state index in [0.717, 1.165) is 36.2 Å². The van der Waals surface area contributed by atoms with Gasteiger partial charge < -0.3 is 10.0 Å². The van der Waals surface area contributed by atoms with Gasteiger partial charge in [0.15, 0.2) is 0 Å². The van der Waals surface area contributed by atoms with E-state index in [2.05, 4.69) is 36.2 Å². The highest BCUT2D eigenvalue weighted by atomic mass is 79.9. The van der Waals surface area contributed by atoms with Crippen LogP contribution >= 0.6 is 15.9 Å². The molecule has 0 aromatic carbocycles. The number of hydrazine groups is 1. The van der Waals surface area contributed by atoms with Crippen molar-refractivity contribution in [2.24, 2.45) is 11.8 Å². The Morgan fingerprint density at radius 1 is 1.65 bits per heavy atom. The van der Waals surface area contributed by atoms with E-state index >= 15 is 0 Å². The Hall–Kier alpha value is -0.920. The lowest BCUT2D eigenvalue weighted by Gasteiger charge is -2.33. The van der Waals surface area contributed by atoms with Gasteiger partial charge in [-0.05, 0) is 34.7 Å². The Morgan fingerprint density at radius 3 is 3.18 bits per heavy atom. The van der Waals surface area contributed by atoms with E-state index in [1.54, 1.807) is 6.20 Å². The van der Waals surface area contributed by atoms with Crippen LogP contribution in [0.25, 0.3) is 0 Å². The molecule has 0 radical (unpaired) electrons. The van der Waals surface area contributed by atoms with Gasteiger partial charge in [0.25, 0.3) is 0 Å². The van der Waals surface area contributed by atoms with Crippen LogP contribution in [0.1, 0.15) is 12.8 Å². The molecule has 1 atom stereocenters. The molecule has 1 saturated heterocycles. The van der Waals surface area contributed by atoms with Gasteiger partial charge in [0.2, 0.25) is 5.95 Å². The SMILES string of the molecule is NNc1ncc(Br)c(N2CCCC(CO)C2)n1. The molecular weight excluding hydrogens is 286 g/mol. The van der Waals surface area contributed by atoms with Crippen LogP contribution in [-0.4, -0.2) is 34.8 Å². The van der Waals surface area contributed by atoms with Gasteiger partial charge in [-0.15, -0.1) is 0 Å². The number of nitrogens with zero attached hydrogens (tertiary/aromatic N) is 3. The molecule has 2 rings (SSSR count). The number of anilines is 2. The van der Waals surface area contributed by atoms with Crippen LogP contribution in [0.2, 0.25) is 0 Å². The summed E-state index contributed by atoms with van der Waals surface area (Å²) in [5, 5.41) is 9.22. The van der Waals surface area contributed by atoms with Crippen molar-refractivity contribution in [1.29, 1.82) is 0 Å². The van der Waals surface area contributed by atoms with Crippen molar-refractivity contribution < 1.29 is 5.11 Å². The fourth-order valence-electron chi connectivity index (χ4n) is 2.06. The lowest BCUT2D eigenvalue weighted by molar-refractivity contribution is 0.208. The van der Waals surface area contributed by atoms with Crippen molar-refractivity contribution in [3.63, 3.8) is 0 Å². The molecule has 2 heterocycles. The summed E-state index contributed by atoms with van der Waals surface area (Å²) >= 11 is 3.44. The normalized spacial score (nSPS) is 20.4. The fourth-order valence-corrected chi connectivity index (χ4v) is 2.50. The maximum Gasteiger partial charge on any atom is 0.239 e. The Morgan fingerprint density at radius 2 is 2.47 bits per heavy atom. The summed E-state index contributed by atoms with van der Waals surface area (Å²) in [6, 6.07) is 0. The zero-order valence-corrected chi connectivity index (χ0v) is 11.0. The number of piperidine rings is 1. The van der Waals surface area contributed by atoms with Crippen LogP contribution in [0.15, 0.2) is 10.7 Å². The summed E-state index contributed by atoms with van der Waals surface area (Å²) in [5.74, 6) is 6.84. The van der Waals surface area contributed by atoms with Crippen molar-refractivity contribution in [2.45, 2.75) is 12.8 Å². The van der Waals surface area contributed by atoms with Crippen molar-refractivity contribution >= 4 is 27.7 Å². The highest BCUT2D eigenvalue weighted by Crippen LogP contribution is 2.28. The highest BCUT2D eigenvalue weighted by molar-refractivity contribution is 9.10. The van der Waals surface area contributed by atoms with Gasteiger partial charge >= 0.3 is 0 Å². The van der Waals surface area contributed by atoms with Crippen molar-refractivity contribution in [3.05, 3.63) is 10.7 Å². The van der Waals surface area contributed by atoms with Crippen LogP contribution in [-0.2, 0) is 0 Å². The fraction of sp³-hybridized carbons (Fsp3) is 0.600. The number of nitrogens with one attached hydrogen (secondary N) is 1. The number of halogens is 1. The zero-order valence-electron chi connectivity index (χ0n) is 9.43. The van der Waals surface area contributed by atoms with Crippen LogP contribution in [0.4, 0.5) is 11.8 Å². The first-order valence-corrected chi connectivity index (χ1v) is 6.39. The standard InChI is InChI=1S/C10H16BrN5O/c11-8-4-13-10(15-12)14-9(8)16-3-1-2-7(5-16)6-17/h4,7,17H,1-3,5-6,12H2,(H,13,14,15). The molecule has 17 heavy (non-hydrogen) atoms. The molecule has 0 saturated carbocycles. The minimum Gasteiger partial charge on any atom is -0.396 e. The average molecular weight is 302 g/mol. The van der Waals surface area contributed by atoms with Gasteiger partial charge in [0.1, 0.15) is 5.82 Å². The Bertz CT molecular complexity index is 389. The van der Waals surface area contributed by atoms with Crippen LogP contribution < -0.4 is 16.2 Å². The molecule has 0 spiro atoms. The molecule has 1 aliphatic rings. The van der Waals surface area contributed by atoms with E-state index in [4.69, 9.17) is 5.84 Å². The van der Waals surface area contributed by atoms with Crippen LogP contribution in [0.3, 0.4) is 0 Å². The average Bonchev–Trinajstić information content (AvgIpc) is 2.39. The van der Waals surface area contributed by atoms with Gasteiger partial charge in [-0.3, -0.25) is 5.43 Å². The van der Waals surface area contributed by atoms with E-state index in [9.17, 15) is 5.11 Å². The van der Waals surface area contributed by atoms with Crippen LogP contribution in [0.5, 0.6) is 0 Å². The molecule has 1 aliphatic heterocycles. The monoisotopic (exact) mass is 301 g/mol. The van der Waals surface area contributed by atoms with Gasteiger partial charge in [-0.25, -0.2) is 10.8 Å². The molecule has 94 valence electrons. The number of nitrogens with two attached hydrogens (primary N) is 1. The third kappa shape index (κ3) is 2.85. The number of nitrogen functional groups attached to an aromatic ring is 1. The van der Waals surface area contributed by atoms with Crippen molar-refractivity contribution in [1.82, 2.24) is 9.97 Å². The summed E-state index contributed by atoms with van der Waals surface area (Å²) < 4.78 is 0.843. The third-order valence-corrected chi connectivity index (χ3v) is 3.49. The lowest BCUT2D eigenvalue weighted by atomic mass is 9.99. The number of aliphatic hydroxyl groups is 1. The number of hydrogen-bond donors (Lipinski definition) is 3. The van der Waals surface area contributed by atoms with Crippen LogP contribution in [0, 0.1) is 5.92 Å². The zero-order chi connectivity index (χ0) is 12.3. The summed E-state index contributed by atoms with van der Waals surface area (Å²) in [6.45, 7) is 1.98. The summed E-state index contributed by atoms with van der Waals surface area (Å²) in [4.78, 5) is 10.5. The van der Waals surface area contributed by atoms with Gasteiger partial charge in [-0.2, -0.15) is 4.98 Å². The topological polar surface area (TPSA) is 87.3 Å². The molecule has 0 bridgehead atoms. The first kappa shape index (κ1) is 12.5. The predicted octanol–water partition coefficient (Wildman–Crippen LogP) is 0.733. The second-order valence-corrected chi connectivity index (χ2v) is 5.00. The summed E-state index contributed by atoms with van der Waals surface area (Å²) in [5.41, 5.74) is 2.44. The smallest absolute Gasteiger partial charge is 0.239 e. The van der Waals surface area contributed by atoms with E-state index in [1.807, 2.05) is 0 Å². The number of hydrogen-bond acceptors (Lipinski definition) is 6. The molecule has 1 aromatic rings. The third-order valence-electron chi connectivity index (χ3n) is 2.93. The Balaban J connectivity index is 2.20.